The Bertz CT molecular complexity index is 1640. The van der Waals surface area contributed by atoms with Gasteiger partial charge in [-0.3, -0.25) is 29.0 Å². The number of aromatic amines is 1. The van der Waals surface area contributed by atoms with Crippen molar-refractivity contribution >= 4 is 46.4 Å². The van der Waals surface area contributed by atoms with Crippen LogP contribution in [0.15, 0.2) is 47.3 Å². The summed E-state index contributed by atoms with van der Waals surface area (Å²) in [5, 5.41) is 30.7. The van der Waals surface area contributed by atoms with Gasteiger partial charge in [0.05, 0.1) is 16.5 Å². The molecular formula is C27H29FN6O9. The molecule has 0 spiro atoms. The van der Waals surface area contributed by atoms with Crippen LogP contribution in [0.5, 0.6) is 0 Å². The number of nitrogens with zero attached hydrogens (tertiary/aromatic N) is 3. The number of anilines is 1. The van der Waals surface area contributed by atoms with Crippen molar-refractivity contribution < 1.29 is 43.7 Å². The van der Waals surface area contributed by atoms with Gasteiger partial charge in [-0.25, -0.2) is 24.2 Å². The summed E-state index contributed by atoms with van der Waals surface area (Å²) in [4.78, 5) is 82.3. The summed E-state index contributed by atoms with van der Waals surface area (Å²) < 4.78 is 14.8. The number of carbonyl (C=O) groups is 5. The molecule has 0 aliphatic carbocycles. The van der Waals surface area contributed by atoms with E-state index in [2.05, 4.69) is 9.97 Å². The Hall–Kier alpha value is -5.22. The number of aromatic nitrogens is 2. The second-order valence-electron chi connectivity index (χ2n) is 9.68. The highest BCUT2D eigenvalue weighted by molar-refractivity contribution is 6.17. The van der Waals surface area contributed by atoms with Crippen molar-refractivity contribution in [2.24, 2.45) is 5.73 Å². The molecule has 16 heteroatoms. The maximum Gasteiger partial charge on any atom is 0.339 e. The Kier molecular flexibility index (Phi) is 9.90. The minimum absolute atomic E-state index is 0.100. The molecule has 0 saturated carbocycles. The van der Waals surface area contributed by atoms with E-state index >= 15 is 0 Å². The number of carboxylic acids is 3. The van der Waals surface area contributed by atoms with Crippen LogP contribution in [0.4, 0.5) is 10.3 Å². The predicted octanol–water partition coefficient (Wildman–Crippen LogP) is 0.583. The highest BCUT2D eigenvalue weighted by Gasteiger charge is 2.55. The lowest BCUT2D eigenvalue weighted by atomic mass is 9.83. The highest BCUT2D eigenvalue weighted by Crippen LogP contribution is 2.32. The second-order valence-corrected chi connectivity index (χ2v) is 9.68. The van der Waals surface area contributed by atoms with Crippen LogP contribution in [0.2, 0.25) is 0 Å². The van der Waals surface area contributed by atoms with Crippen LogP contribution in [-0.2, 0) is 25.7 Å². The Morgan fingerprint density at radius 2 is 1.74 bits per heavy atom. The van der Waals surface area contributed by atoms with E-state index in [9.17, 15) is 43.4 Å². The third kappa shape index (κ3) is 6.99. The van der Waals surface area contributed by atoms with E-state index in [1.54, 1.807) is 0 Å². The number of halogens is 1. The molecule has 8 N–H and O–H groups in total. The Morgan fingerprint density at radius 1 is 1.07 bits per heavy atom. The second kappa shape index (κ2) is 13.2. The topological polar surface area (TPSA) is 250 Å². The Morgan fingerprint density at radius 3 is 2.35 bits per heavy atom. The number of nitrogen functional groups attached to an aromatic ring is 1. The van der Waals surface area contributed by atoms with Gasteiger partial charge in [0.15, 0.2) is 0 Å². The number of ketones is 1. The number of hydrogen-bond acceptors (Lipinski definition) is 10. The first-order chi connectivity index (χ1) is 20.2. The number of H-pyrrole nitrogens is 1. The summed E-state index contributed by atoms with van der Waals surface area (Å²) in [6, 6.07) is 7.20. The van der Waals surface area contributed by atoms with Gasteiger partial charge in [-0.2, -0.15) is 0 Å². The quantitative estimate of drug-likeness (QED) is 0.0842. The molecule has 0 unspecified atom stereocenters. The fraction of sp³-hybridized carbons (Fsp3) is 0.296. The van der Waals surface area contributed by atoms with Crippen LogP contribution in [0.1, 0.15) is 41.6 Å². The molecule has 2 atom stereocenters. The van der Waals surface area contributed by atoms with E-state index in [1.165, 1.54) is 37.4 Å². The molecule has 0 bridgehead atoms. The van der Waals surface area contributed by atoms with Crippen molar-refractivity contribution in [1.82, 2.24) is 20.0 Å². The summed E-state index contributed by atoms with van der Waals surface area (Å²) in [7, 11) is 1.22. The molecule has 15 nitrogen and oxygen atoms in total. The molecule has 43 heavy (non-hydrogen) atoms. The van der Waals surface area contributed by atoms with E-state index in [4.69, 9.17) is 16.6 Å². The molecule has 0 aliphatic rings. The van der Waals surface area contributed by atoms with Gasteiger partial charge >= 0.3 is 17.9 Å². The lowest BCUT2D eigenvalue weighted by Gasteiger charge is -2.44. The van der Waals surface area contributed by atoms with E-state index in [1.807, 2.05) is 0 Å². The van der Waals surface area contributed by atoms with Crippen molar-refractivity contribution in [2.45, 2.75) is 43.8 Å². The molecule has 1 heterocycles. The molecule has 3 rings (SSSR count). The molecule has 3 aromatic rings. The van der Waals surface area contributed by atoms with Gasteiger partial charge in [0.25, 0.3) is 5.56 Å². The number of carbonyl (C=O) groups excluding carboxylic acids is 2. The number of aliphatic carboxylic acids is 3. The summed E-state index contributed by atoms with van der Waals surface area (Å²) in [5.74, 6) is -8.68. The van der Waals surface area contributed by atoms with Gasteiger partial charge in [-0.15, -0.1) is 0 Å². The number of rotatable bonds is 14. The summed E-state index contributed by atoms with van der Waals surface area (Å²) >= 11 is 0. The number of nitrogens with one attached hydrogen (secondary N) is 1. The van der Waals surface area contributed by atoms with Crippen molar-refractivity contribution in [3.8, 4) is 0 Å². The largest absolute Gasteiger partial charge is 0.481 e. The van der Waals surface area contributed by atoms with E-state index in [-0.39, 0.29) is 23.4 Å². The zero-order valence-electron chi connectivity index (χ0n) is 22.8. The number of hydrazine groups is 1. The van der Waals surface area contributed by atoms with Gasteiger partial charge in [0, 0.05) is 32.9 Å². The van der Waals surface area contributed by atoms with E-state index < -0.39 is 83.8 Å². The molecular weight excluding hydrogens is 571 g/mol. The monoisotopic (exact) mass is 600 g/mol. The fourth-order valence-electron chi connectivity index (χ4n) is 4.61. The number of fused-ring (bicyclic) bond motifs is 1. The third-order valence-corrected chi connectivity index (χ3v) is 6.67. The van der Waals surface area contributed by atoms with E-state index in [0.717, 1.165) is 17.1 Å². The maximum absolute atomic E-state index is 14.8. The third-order valence-electron chi connectivity index (χ3n) is 6.67. The first-order valence-electron chi connectivity index (χ1n) is 12.7. The van der Waals surface area contributed by atoms with Gasteiger partial charge in [0.2, 0.25) is 23.2 Å². The zero-order chi connectivity index (χ0) is 32.1. The molecule has 0 aliphatic heterocycles. The Labute approximate surface area is 242 Å². The molecule has 2 aromatic carbocycles. The van der Waals surface area contributed by atoms with Gasteiger partial charge in [-0.05, 0) is 36.2 Å². The first kappa shape index (κ1) is 32.3. The maximum atomic E-state index is 14.8. The number of carboxylic acid groups (broad SMARTS) is 3. The van der Waals surface area contributed by atoms with Crippen LogP contribution in [-0.4, -0.2) is 83.5 Å². The van der Waals surface area contributed by atoms with E-state index in [0.29, 0.717) is 10.6 Å². The first-order valence-corrected chi connectivity index (χ1v) is 12.7. The number of amides is 1. The summed E-state index contributed by atoms with van der Waals surface area (Å²) in [6.45, 7) is -0.330. The summed E-state index contributed by atoms with van der Waals surface area (Å²) in [6.07, 6.45) is -3.05. The zero-order valence-corrected chi connectivity index (χ0v) is 22.8. The summed E-state index contributed by atoms with van der Waals surface area (Å²) in [5.41, 5.74) is 7.37. The van der Waals surface area contributed by atoms with Crippen LogP contribution in [0, 0.1) is 5.82 Å². The molecule has 1 aromatic heterocycles. The average molecular weight is 601 g/mol. The van der Waals surface area contributed by atoms with Crippen molar-refractivity contribution in [1.29, 1.82) is 0 Å². The van der Waals surface area contributed by atoms with Gasteiger partial charge < -0.3 is 26.8 Å². The molecule has 1 amide bonds. The lowest BCUT2D eigenvalue weighted by molar-refractivity contribution is -0.177. The molecule has 0 fully saturated rings. The predicted molar refractivity (Wildman–Crippen MR) is 148 cm³/mol. The molecule has 228 valence electrons. The van der Waals surface area contributed by atoms with Crippen LogP contribution in [0.25, 0.3) is 10.9 Å². The molecule has 0 saturated heterocycles. The number of hydrogen-bond donors (Lipinski definition) is 6. The number of benzene rings is 2. The SMILES string of the molecule is CN(Cc1ccc2nc(N)[nH]c(=O)c2c1)N(C(=O)CC[C@H](N)C(=O)O)[C@](CCC(=O)O)(C(=O)O)C(=O)c1ccccc1F. The van der Waals surface area contributed by atoms with Gasteiger partial charge in [0.1, 0.15) is 11.9 Å². The fourth-order valence-corrected chi connectivity index (χ4v) is 4.61. The standard InChI is InChI=1S/C27H29FN6O9/c1-33(13-14-6-8-19-16(12-14)23(39)32-26(30)31-19)34(20(35)9-7-18(29)24(40)41)27(25(42)43,11-10-21(36)37)22(38)15-4-2-3-5-17(15)28/h2-6,8,12,18H,7,9-11,13,29H2,1H3,(H,36,37)(H,40,41)(H,42,43)(H3,30,31,32,39)/t18-,27-/m0/s1. The lowest BCUT2D eigenvalue weighted by Crippen LogP contribution is -2.67. The number of Topliss-reactive ketones (excluding diaryl/α,β-unsaturated/α-hetero) is 1. The van der Waals surface area contributed by atoms with Crippen molar-refractivity contribution in [3.63, 3.8) is 0 Å². The minimum atomic E-state index is -3.00. The van der Waals surface area contributed by atoms with Crippen molar-refractivity contribution in [2.75, 3.05) is 12.8 Å². The van der Waals surface area contributed by atoms with Crippen molar-refractivity contribution in [3.05, 3.63) is 69.8 Å². The highest BCUT2D eigenvalue weighted by atomic mass is 19.1. The normalized spacial score (nSPS) is 13.3. The smallest absolute Gasteiger partial charge is 0.339 e. The van der Waals surface area contributed by atoms with Gasteiger partial charge in [-0.1, -0.05) is 18.2 Å². The van der Waals surface area contributed by atoms with Crippen LogP contribution >= 0.6 is 0 Å². The number of nitrogens with two attached hydrogens (primary N) is 2. The van der Waals surface area contributed by atoms with Crippen LogP contribution in [0.3, 0.4) is 0 Å². The average Bonchev–Trinajstić information content (AvgIpc) is 2.93. The molecule has 0 radical (unpaired) electrons. The van der Waals surface area contributed by atoms with Crippen LogP contribution < -0.4 is 17.0 Å². The Balaban J connectivity index is 2.20. The minimum Gasteiger partial charge on any atom is -0.481 e.